The van der Waals surface area contributed by atoms with E-state index >= 15 is 0 Å². The number of carbonyl (C=O) groups is 1. The van der Waals surface area contributed by atoms with Crippen LogP contribution in [0.5, 0.6) is 5.75 Å². The molecule has 1 fully saturated rings. The van der Waals surface area contributed by atoms with E-state index in [1.807, 2.05) is 44.2 Å². The van der Waals surface area contributed by atoms with Crippen LogP contribution >= 0.6 is 0 Å². The van der Waals surface area contributed by atoms with Gasteiger partial charge in [-0.1, -0.05) is 18.2 Å². The number of ether oxygens (including phenoxy) is 1. The van der Waals surface area contributed by atoms with Crippen LogP contribution in [0.25, 0.3) is 0 Å². The summed E-state index contributed by atoms with van der Waals surface area (Å²) in [7, 11) is 0. The number of aryl methyl sites for hydroxylation is 2. The molecule has 1 N–H and O–H groups in total. The van der Waals surface area contributed by atoms with Crippen LogP contribution in [0.3, 0.4) is 0 Å². The van der Waals surface area contributed by atoms with Gasteiger partial charge in [-0.25, -0.2) is 0 Å². The van der Waals surface area contributed by atoms with Gasteiger partial charge in [0.05, 0.1) is 12.3 Å². The number of benzene rings is 1. The SMILES string of the molecule is Cc1cccc(C)c1OCC(=O)NCC(c1ccco1)N1CCCC1. The number of likely N-dealkylation sites (tertiary alicyclic amines) is 1. The van der Waals surface area contributed by atoms with Gasteiger partial charge in [-0.3, -0.25) is 9.69 Å². The van der Waals surface area contributed by atoms with E-state index in [1.165, 1.54) is 12.8 Å². The summed E-state index contributed by atoms with van der Waals surface area (Å²) in [6.07, 6.45) is 4.08. The van der Waals surface area contributed by atoms with E-state index in [-0.39, 0.29) is 18.6 Å². The van der Waals surface area contributed by atoms with Crippen molar-refractivity contribution in [2.24, 2.45) is 0 Å². The van der Waals surface area contributed by atoms with Crippen LogP contribution in [0.1, 0.15) is 35.8 Å². The summed E-state index contributed by atoms with van der Waals surface area (Å²) in [5, 5.41) is 2.99. The van der Waals surface area contributed by atoms with Crippen molar-refractivity contribution in [3.05, 3.63) is 53.5 Å². The van der Waals surface area contributed by atoms with Crippen molar-refractivity contribution in [3.8, 4) is 5.75 Å². The van der Waals surface area contributed by atoms with Crippen molar-refractivity contribution in [3.63, 3.8) is 0 Å². The van der Waals surface area contributed by atoms with E-state index < -0.39 is 0 Å². The summed E-state index contributed by atoms with van der Waals surface area (Å²) in [5.74, 6) is 1.58. The largest absolute Gasteiger partial charge is 0.483 e. The minimum atomic E-state index is -0.113. The normalized spacial score (nSPS) is 15.9. The molecule has 1 unspecified atom stereocenters. The Labute approximate surface area is 149 Å². The summed E-state index contributed by atoms with van der Waals surface area (Å²) in [6.45, 7) is 6.61. The number of furan rings is 1. The predicted octanol–water partition coefficient (Wildman–Crippen LogP) is 3.23. The van der Waals surface area contributed by atoms with Crippen LogP contribution in [-0.2, 0) is 4.79 Å². The second kappa shape index (κ2) is 8.21. The molecule has 1 atom stereocenters. The lowest BCUT2D eigenvalue weighted by Gasteiger charge is -2.26. The third-order valence-electron chi connectivity index (χ3n) is 4.70. The van der Waals surface area contributed by atoms with Gasteiger partial charge in [0.25, 0.3) is 5.91 Å². The van der Waals surface area contributed by atoms with E-state index in [9.17, 15) is 4.79 Å². The standard InChI is InChI=1S/C20H26N2O3/c1-15-7-5-8-16(2)20(15)25-14-19(23)21-13-17(18-9-6-12-24-18)22-10-3-4-11-22/h5-9,12,17H,3-4,10-11,13-14H2,1-2H3,(H,21,23). The van der Waals surface area contributed by atoms with Gasteiger partial charge in [0, 0.05) is 6.54 Å². The summed E-state index contributed by atoms with van der Waals surface area (Å²) in [4.78, 5) is 14.6. The molecule has 0 spiro atoms. The van der Waals surface area contributed by atoms with Crippen molar-refractivity contribution in [2.45, 2.75) is 32.7 Å². The highest BCUT2D eigenvalue weighted by molar-refractivity contribution is 5.77. The van der Waals surface area contributed by atoms with Crippen LogP contribution in [0.2, 0.25) is 0 Å². The van der Waals surface area contributed by atoms with E-state index in [1.54, 1.807) is 6.26 Å². The summed E-state index contributed by atoms with van der Waals surface area (Å²) < 4.78 is 11.3. The Morgan fingerprint density at radius 1 is 1.20 bits per heavy atom. The number of rotatable bonds is 7. The Morgan fingerprint density at radius 3 is 2.56 bits per heavy atom. The number of hydrogen-bond acceptors (Lipinski definition) is 4. The molecule has 1 aliphatic heterocycles. The number of amides is 1. The first-order chi connectivity index (χ1) is 12.1. The van der Waals surface area contributed by atoms with E-state index in [0.29, 0.717) is 6.54 Å². The molecule has 25 heavy (non-hydrogen) atoms. The van der Waals surface area contributed by atoms with Crippen LogP contribution in [0.15, 0.2) is 41.0 Å². The molecule has 0 saturated carbocycles. The average Bonchev–Trinajstić information content (AvgIpc) is 3.29. The van der Waals surface area contributed by atoms with Gasteiger partial charge in [0.15, 0.2) is 6.61 Å². The first kappa shape index (κ1) is 17.5. The molecule has 0 radical (unpaired) electrons. The monoisotopic (exact) mass is 342 g/mol. The molecule has 1 aliphatic rings. The molecule has 1 aromatic heterocycles. The fourth-order valence-electron chi connectivity index (χ4n) is 3.37. The van der Waals surface area contributed by atoms with Gasteiger partial charge in [0.2, 0.25) is 0 Å². The van der Waals surface area contributed by atoms with Crippen LogP contribution < -0.4 is 10.1 Å². The molecular weight excluding hydrogens is 316 g/mol. The highest BCUT2D eigenvalue weighted by Gasteiger charge is 2.25. The summed E-state index contributed by atoms with van der Waals surface area (Å²) in [6, 6.07) is 9.91. The van der Waals surface area contributed by atoms with Crippen molar-refractivity contribution in [2.75, 3.05) is 26.2 Å². The van der Waals surface area contributed by atoms with Crippen molar-refractivity contribution in [1.82, 2.24) is 10.2 Å². The molecule has 3 rings (SSSR count). The molecule has 134 valence electrons. The summed E-state index contributed by atoms with van der Waals surface area (Å²) in [5.41, 5.74) is 2.08. The second-order valence-corrected chi connectivity index (χ2v) is 6.59. The number of nitrogens with one attached hydrogen (secondary N) is 1. The van der Waals surface area contributed by atoms with Gasteiger partial charge >= 0.3 is 0 Å². The van der Waals surface area contributed by atoms with Gasteiger partial charge in [-0.05, 0) is 63.0 Å². The summed E-state index contributed by atoms with van der Waals surface area (Å²) >= 11 is 0. The molecule has 1 saturated heterocycles. The zero-order valence-electron chi connectivity index (χ0n) is 15.0. The highest BCUT2D eigenvalue weighted by Crippen LogP contribution is 2.25. The molecule has 5 heteroatoms. The number of hydrogen-bond donors (Lipinski definition) is 1. The maximum atomic E-state index is 12.2. The molecule has 0 bridgehead atoms. The number of para-hydroxylation sites is 1. The fraction of sp³-hybridized carbons (Fsp3) is 0.450. The van der Waals surface area contributed by atoms with Crippen LogP contribution in [-0.4, -0.2) is 37.0 Å². The van der Waals surface area contributed by atoms with Crippen molar-refractivity contribution in [1.29, 1.82) is 0 Å². The van der Waals surface area contributed by atoms with E-state index in [4.69, 9.17) is 9.15 Å². The molecular formula is C20H26N2O3. The maximum absolute atomic E-state index is 12.2. The lowest BCUT2D eigenvalue weighted by molar-refractivity contribution is -0.123. The van der Waals surface area contributed by atoms with Crippen molar-refractivity contribution < 1.29 is 13.9 Å². The zero-order chi connectivity index (χ0) is 17.6. The zero-order valence-corrected chi connectivity index (χ0v) is 15.0. The first-order valence-electron chi connectivity index (χ1n) is 8.88. The molecule has 0 aliphatic carbocycles. The van der Waals surface area contributed by atoms with Crippen LogP contribution in [0, 0.1) is 13.8 Å². The maximum Gasteiger partial charge on any atom is 0.258 e. The predicted molar refractivity (Wildman–Crippen MR) is 96.7 cm³/mol. The van der Waals surface area contributed by atoms with Gasteiger partial charge in [0.1, 0.15) is 11.5 Å². The quantitative estimate of drug-likeness (QED) is 0.839. The topological polar surface area (TPSA) is 54.7 Å². The van der Waals surface area contributed by atoms with Gasteiger partial charge in [-0.2, -0.15) is 0 Å². The average molecular weight is 342 g/mol. The molecule has 5 nitrogen and oxygen atoms in total. The Bertz CT molecular complexity index is 671. The number of nitrogens with zero attached hydrogens (tertiary/aromatic N) is 1. The first-order valence-corrected chi connectivity index (χ1v) is 8.88. The van der Waals surface area contributed by atoms with Gasteiger partial charge < -0.3 is 14.5 Å². The van der Waals surface area contributed by atoms with Crippen molar-refractivity contribution >= 4 is 5.91 Å². The Kier molecular flexibility index (Phi) is 5.76. The van der Waals surface area contributed by atoms with E-state index in [2.05, 4.69) is 10.2 Å². The smallest absolute Gasteiger partial charge is 0.258 e. The van der Waals surface area contributed by atoms with E-state index in [0.717, 1.165) is 35.7 Å². The minimum Gasteiger partial charge on any atom is -0.483 e. The fourth-order valence-corrected chi connectivity index (χ4v) is 3.37. The molecule has 1 aromatic carbocycles. The Morgan fingerprint density at radius 2 is 1.92 bits per heavy atom. The van der Waals surface area contributed by atoms with Crippen LogP contribution in [0.4, 0.5) is 0 Å². The number of carbonyl (C=O) groups excluding carboxylic acids is 1. The molecule has 2 aromatic rings. The second-order valence-electron chi connectivity index (χ2n) is 6.59. The minimum absolute atomic E-state index is 0.0244. The van der Waals surface area contributed by atoms with Gasteiger partial charge in [-0.15, -0.1) is 0 Å². The lowest BCUT2D eigenvalue weighted by Crippen LogP contribution is -2.38. The third-order valence-corrected chi connectivity index (χ3v) is 4.70. The molecule has 2 heterocycles. The highest BCUT2D eigenvalue weighted by atomic mass is 16.5. The third kappa shape index (κ3) is 4.42. The Hall–Kier alpha value is -2.27. The molecule has 1 amide bonds. The Balaban J connectivity index is 1.55. The lowest BCUT2D eigenvalue weighted by atomic mass is 10.1.